The molecule has 13 heteroatoms. The minimum absolute atomic E-state index is 0.0508. The van der Waals surface area contributed by atoms with Gasteiger partial charge >= 0.3 is 18.1 Å². The molecule has 3 atom stereocenters. The molecule has 4 rings (SSSR count). The molecule has 1 heterocycles. The van der Waals surface area contributed by atoms with E-state index in [9.17, 15) is 29.1 Å². The molecule has 0 saturated carbocycles. The summed E-state index contributed by atoms with van der Waals surface area (Å²) in [7, 11) is 0. The van der Waals surface area contributed by atoms with Crippen LogP contribution in [0.1, 0.15) is 49.9 Å². The van der Waals surface area contributed by atoms with Gasteiger partial charge < -0.3 is 31.1 Å². The molecule has 0 radical (unpaired) electrons. The van der Waals surface area contributed by atoms with Crippen LogP contribution in [-0.2, 0) is 37.8 Å². The van der Waals surface area contributed by atoms with Gasteiger partial charge in [0.05, 0.1) is 6.04 Å². The van der Waals surface area contributed by atoms with Gasteiger partial charge in [0.25, 0.3) is 5.91 Å². The Bertz CT molecular complexity index is 1670. The standard InChI is InChI=1S/C35H40N6O7/c1-34(2,3)28(27(30(43)44)39-32(46)48-21-23-13-9-6-10-14-23)38-26(42)20-40-31(45)35(4,25-17-15-24(16-18-25)29(36)37)41(33(40)47)19-22-11-7-5-8-12-22/h5-18,27-28H,19-21H2,1-4H3,(H3,36,37)(H,38,42)(H,39,46)(H,43,44)/t27?,28?,35-/m0/s1. The molecule has 0 bridgehead atoms. The van der Waals surface area contributed by atoms with Crippen molar-refractivity contribution < 1.29 is 33.8 Å². The number of nitrogen functional groups attached to an aromatic ring is 1. The lowest BCUT2D eigenvalue weighted by Crippen LogP contribution is -2.61. The van der Waals surface area contributed by atoms with Crippen molar-refractivity contribution >= 4 is 35.7 Å². The van der Waals surface area contributed by atoms with E-state index in [-0.39, 0.29) is 19.0 Å². The number of carboxylic acids is 1. The number of carbonyl (C=O) groups is 5. The second-order valence-electron chi connectivity index (χ2n) is 12.7. The quantitative estimate of drug-likeness (QED) is 0.111. The normalized spacial score (nSPS) is 17.4. The number of hydrogen-bond donors (Lipinski definition) is 5. The summed E-state index contributed by atoms with van der Waals surface area (Å²) in [5.41, 5.74) is 5.51. The number of amidine groups is 1. The first-order chi connectivity index (χ1) is 22.6. The number of imide groups is 1. The molecular formula is C35H40N6O7. The molecule has 0 spiro atoms. The molecule has 2 unspecified atom stereocenters. The van der Waals surface area contributed by atoms with Crippen molar-refractivity contribution in [3.63, 3.8) is 0 Å². The minimum Gasteiger partial charge on any atom is -0.480 e. The summed E-state index contributed by atoms with van der Waals surface area (Å²) in [6, 6.07) is 20.8. The molecular weight excluding hydrogens is 616 g/mol. The van der Waals surface area contributed by atoms with Gasteiger partial charge in [0, 0.05) is 12.1 Å². The molecule has 252 valence electrons. The number of urea groups is 1. The zero-order valence-corrected chi connectivity index (χ0v) is 27.2. The maximum atomic E-state index is 14.1. The van der Waals surface area contributed by atoms with E-state index in [1.165, 1.54) is 4.90 Å². The number of carbonyl (C=O) groups excluding carboxylic acids is 4. The lowest BCUT2D eigenvalue weighted by molar-refractivity contribution is -0.142. The molecule has 0 aromatic heterocycles. The van der Waals surface area contributed by atoms with E-state index in [0.29, 0.717) is 16.7 Å². The minimum atomic E-state index is -1.61. The van der Waals surface area contributed by atoms with Gasteiger partial charge in [-0.3, -0.25) is 19.9 Å². The van der Waals surface area contributed by atoms with Crippen LogP contribution in [0, 0.1) is 10.8 Å². The van der Waals surface area contributed by atoms with Crippen LogP contribution >= 0.6 is 0 Å². The molecule has 3 aromatic carbocycles. The van der Waals surface area contributed by atoms with Crippen LogP contribution in [0.2, 0.25) is 0 Å². The Morgan fingerprint density at radius 1 is 0.917 bits per heavy atom. The Morgan fingerprint density at radius 3 is 2.00 bits per heavy atom. The van der Waals surface area contributed by atoms with Gasteiger partial charge in [0.15, 0.2) is 6.04 Å². The van der Waals surface area contributed by atoms with E-state index in [1.807, 2.05) is 18.2 Å². The van der Waals surface area contributed by atoms with Gasteiger partial charge in [-0.25, -0.2) is 14.4 Å². The Labute approximate surface area is 278 Å². The number of rotatable bonds is 12. The fraction of sp³-hybridized carbons (Fsp3) is 0.314. The molecule has 13 nitrogen and oxygen atoms in total. The average Bonchev–Trinajstić information content (AvgIpc) is 3.22. The zero-order valence-electron chi connectivity index (χ0n) is 27.2. The predicted octanol–water partition coefficient (Wildman–Crippen LogP) is 3.56. The number of aliphatic carboxylic acids is 1. The molecule has 1 aliphatic heterocycles. The SMILES string of the molecule is CC(C)(C)C(NC(=O)CN1C(=O)N(Cc2ccccc2)[C@@](C)(c2ccc(C(=N)N)cc2)C1=O)C(NC(=O)OCc1ccccc1)C(=O)O. The Hall–Kier alpha value is -5.72. The van der Waals surface area contributed by atoms with Crippen molar-refractivity contribution in [3.05, 3.63) is 107 Å². The lowest BCUT2D eigenvalue weighted by Gasteiger charge is -2.36. The number of alkyl carbamates (subject to hydrolysis) is 1. The summed E-state index contributed by atoms with van der Waals surface area (Å²) in [5, 5.41) is 22.8. The van der Waals surface area contributed by atoms with Crippen LogP contribution in [0.15, 0.2) is 84.9 Å². The van der Waals surface area contributed by atoms with Gasteiger partial charge in [-0.2, -0.15) is 0 Å². The fourth-order valence-electron chi connectivity index (χ4n) is 5.53. The molecule has 3 aromatic rings. The third-order valence-corrected chi connectivity index (χ3v) is 8.24. The highest BCUT2D eigenvalue weighted by Crippen LogP contribution is 2.38. The average molecular weight is 657 g/mol. The Balaban J connectivity index is 1.57. The number of nitrogens with zero attached hydrogens (tertiary/aromatic N) is 2. The first-order valence-electron chi connectivity index (χ1n) is 15.2. The van der Waals surface area contributed by atoms with Gasteiger partial charge in [-0.15, -0.1) is 0 Å². The highest BCUT2D eigenvalue weighted by molar-refractivity contribution is 6.09. The van der Waals surface area contributed by atoms with E-state index in [0.717, 1.165) is 10.5 Å². The first kappa shape index (κ1) is 35.1. The summed E-state index contributed by atoms with van der Waals surface area (Å²) >= 11 is 0. The number of benzene rings is 3. The van der Waals surface area contributed by atoms with Crippen molar-refractivity contribution in [2.24, 2.45) is 11.1 Å². The Morgan fingerprint density at radius 2 is 1.48 bits per heavy atom. The van der Waals surface area contributed by atoms with Gasteiger partial charge in [0.1, 0.15) is 24.5 Å². The third-order valence-electron chi connectivity index (χ3n) is 8.24. The maximum absolute atomic E-state index is 14.1. The third kappa shape index (κ3) is 7.80. The number of nitrogens with two attached hydrogens (primary N) is 1. The Kier molecular flexibility index (Phi) is 10.5. The van der Waals surface area contributed by atoms with E-state index in [2.05, 4.69) is 10.6 Å². The second kappa shape index (κ2) is 14.4. The molecule has 6 N–H and O–H groups in total. The summed E-state index contributed by atoms with van der Waals surface area (Å²) in [4.78, 5) is 68.8. The second-order valence-corrected chi connectivity index (χ2v) is 12.7. The van der Waals surface area contributed by atoms with Crippen LogP contribution in [0.5, 0.6) is 0 Å². The predicted molar refractivity (Wildman–Crippen MR) is 176 cm³/mol. The van der Waals surface area contributed by atoms with Gasteiger partial charge in [0.2, 0.25) is 5.91 Å². The molecule has 5 amide bonds. The van der Waals surface area contributed by atoms with Crippen molar-refractivity contribution in [2.75, 3.05) is 6.54 Å². The summed E-state index contributed by atoms with van der Waals surface area (Å²) < 4.78 is 5.21. The topological polar surface area (TPSA) is 195 Å². The zero-order chi connectivity index (χ0) is 35.2. The van der Waals surface area contributed by atoms with Crippen molar-refractivity contribution in [2.45, 2.75) is 58.5 Å². The number of ether oxygens (including phenoxy) is 1. The van der Waals surface area contributed by atoms with E-state index < -0.39 is 59.5 Å². The largest absolute Gasteiger partial charge is 0.480 e. The van der Waals surface area contributed by atoms with E-state index in [4.69, 9.17) is 15.9 Å². The first-order valence-corrected chi connectivity index (χ1v) is 15.2. The monoisotopic (exact) mass is 656 g/mol. The van der Waals surface area contributed by atoms with Crippen LogP contribution in [-0.4, -0.2) is 69.3 Å². The highest BCUT2D eigenvalue weighted by atomic mass is 16.5. The number of nitrogens with one attached hydrogen (secondary N) is 3. The van der Waals surface area contributed by atoms with Gasteiger partial charge in [-0.05, 0) is 29.0 Å². The molecule has 0 aliphatic carbocycles. The maximum Gasteiger partial charge on any atom is 0.408 e. The van der Waals surface area contributed by atoms with Crippen LogP contribution in [0.25, 0.3) is 0 Å². The molecule has 1 saturated heterocycles. The summed E-state index contributed by atoms with van der Waals surface area (Å²) in [6.07, 6.45) is -0.997. The van der Waals surface area contributed by atoms with Crippen LogP contribution in [0.4, 0.5) is 9.59 Å². The number of carboxylic acid groups (broad SMARTS) is 1. The highest BCUT2D eigenvalue weighted by Gasteiger charge is 2.55. The fourth-order valence-corrected chi connectivity index (χ4v) is 5.53. The smallest absolute Gasteiger partial charge is 0.408 e. The van der Waals surface area contributed by atoms with Crippen molar-refractivity contribution in [1.29, 1.82) is 5.41 Å². The van der Waals surface area contributed by atoms with Crippen molar-refractivity contribution in [3.8, 4) is 0 Å². The molecule has 48 heavy (non-hydrogen) atoms. The summed E-state index contributed by atoms with van der Waals surface area (Å²) in [5.74, 6) is -3.06. The number of amides is 5. The van der Waals surface area contributed by atoms with Crippen LogP contribution in [0.3, 0.4) is 0 Å². The van der Waals surface area contributed by atoms with Crippen LogP contribution < -0.4 is 16.4 Å². The summed E-state index contributed by atoms with van der Waals surface area (Å²) in [6.45, 7) is 5.87. The van der Waals surface area contributed by atoms with E-state index >= 15 is 0 Å². The van der Waals surface area contributed by atoms with Crippen molar-refractivity contribution in [1.82, 2.24) is 20.4 Å². The number of hydrogen-bond acceptors (Lipinski definition) is 7. The molecule has 1 fully saturated rings. The lowest BCUT2D eigenvalue weighted by atomic mass is 9.82. The molecule has 1 aliphatic rings. The van der Waals surface area contributed by atoms with Gasteiger partial charge in [-0.1, -0.05) is 106 Å². The van der Waals surface area contributed by atoms with E-state index in [1.54, 1.807) is 94.4 Å².